The van der Waals surface area contributed by atoms with Gasteiger partial charge in [0.25, 0.3) is 11.8 Å². The van der Waals surface area contributed by atoms with Crippen molar-refractivity contribution in [3.05, 3.63) is 263 Å². The Morgan fingerprint density at radius 3 is 1.56 bits per heavy atom. The van der Waals surface area contributed by atoms with Crippen molar-refractivity contribution in [3.63, 3.8) is 0 Å². The van der Waals surface area contributed by atoms with E-state index in [0.29, 0.717) is 49.4 Å². The summed E-state index contributed by atoms with van der Waals surface area (Å²) in [6, 6.07) is 42.8. The van der Waals surface area contributed by atoms with Crippen molar-refractivity contribution < 1.29 is 28.7 Å². The molecule has 6 aliphatic rings. The van der Waals surface area contributed by atoms with Gasteiger partial charge in [0, 0.05) is 184 Å². The molecular weight excluding hydrogens is 1820 g/mol. The Hall–Kier alpha value is -14.4. The van der Waals surface area contributed by atoms with Gasteiger partial charge in [-0.1, -0.05) is 86.8 Å². The van der Waals surface area contributed by atoms with Crippen LogP contribution in [-0.2, 0) is 68.2 Å². The number of thiophene rings is 4. The fraction of sp³-hybridized carbons (Fsp3) is 0.306. The number of rotatable bonds is 15. The van der Waals surface area contributed by atoms with Gasteiger partial charge in [-0.25, -0.2) is 24.9 Å². The molecular formula is C108H109N19O6S5. The number of likely N-dealkylation sites (tertiary alicyclic amines) is 2. The highest BCUT2D eigenvalue weighted by Gasteiger charge is 2.59. The van der Waals surface area contributed by atoms with Crippen LogP contribution in [0.25, 0.3) is 54.4 Å². The number of carbonyl (C=O) groups is 5. The molecule has 3 aromatic carbocycles. The zero-order chi connectivity index (χ0) is 98.9. The van der Waals surface area contributed by atoms with Gasteiger partial charge in [-0.3, -0.25) is 69.3 Å². The molecule has 9 atom stereocenters. The standard InChI is InChI=1S/C25H23N3OS.C23H23N5OS.C22H23N3OS.C20H21N3O2S.C18H19N5OS/c1-3-5-18-6-4-7-20(12-18)21-13-22(30-17-21)25(2)14-23(26)28(24(29)15-25)16-19-8-10-27-11-9-19;1-5-7-16-8-6-9-17(12-16)18-13-19(30-14-18)22(2)23(3,28-11-10-25-15-28)20(29)27(4)21(24)26-22;1-4-6-14-7-5-8-16(13-14)17-11-12-18(27-17)22(2)19(15-9-10-15)20(26)25(3)21(23)24-22;1-5-6-13-7-14(11-22-10-13)15-8-16(26-12-15)20(2)9-17(21)23(3)19(24)18(20)25-4;1-5-6-12-7-13(9-20-8-12)15-21-10-14(25-15)18(3)11(2)16(24)23(4)17(19)22-18/h4,6-13,17,26H,14-16H2,1-2H3;6,8-15H,1-4H3,(H2,24,26);5,7-8,11-13,15,19H,9-10H2,1-3H3,(H2,23,24);7-8,10-12,18,21H,9H2,1-4H3;7-11H,1-4H3,(H2,19,22)/t25-;22-,23?;19?,22-;18-,20-;11?,18-/m01110/s1. The summed E-state index contributed by atoms with van der Waals surface area (Å²) in [7, 11) is 8.19. The third-order valence-electron chi connectivity index (χ3n) is 26.2. The molecule has 0 bridgehead atoms. The van der Waals surface area contributed by atoms with Crippen molar-refractivity contribution in [1.82, 2.24) is 54.0 Å². The number of piperidine rings is 2. The molecule has 1 saturated carbocycles. The molecule has 30 heteroatoms. The zero-order valence-corrected chi connectivity index (χ0v) is 84.2. The average molecular weight is 1930 g/mol. The number of benzene rings is 3. The van der Waals surface area contributed by atoms with Crippen LogP contribution in [0.15, 0.2) is 221 Å². The topological polar surface area (TPSA) is 343 Å². The van der Waals surface area contributed by atoms with Crippen LogP contribution in [0.4, 0.5) is 0 Å². The Balaban J connectivity index is 0.000000138. The van der Waals surface area contributed by atoms with E-state index in [0.717, 1.165) is 125 Å². The van der Waals surface area contributed by atoms with Crippen molar-refractivity contribution in [3.8, 4) is 114 Å². The maximum Gasteiger partial charge on any atom is 0.257 e. The number of likely N-dealkylation sites (N-methyl/N-ethyl adjacent to an activating group) is 2. The lowest BCUT2D eigenvalue weighted by Crippen LogP contribution is -2.64. The van der Waals surface area contributed by atoms with Gasteiger partial charge in [-0.05, 0) is 227 Å². The number of imidazole rings is 1. The van der Waals surface area contributed by atoms with Crippen LogP contribution in [0.2, 0.25) is 0 Å². The number of hydrogen-bond donors (Lipinski definition) is 5. The van der Waals surface area contributed by atoms with Crippen LogP contribution in [0.3, 0.4) is 0 Å². The summed E-state index contributed by atoms with van der Waals surface area (Å²) in [4.78, 5) is 113. The summed E-state index contributed by atoms with van der Waals surface area (Å²) in [5.41, 5.74) is 28.1. The van der Waals surface area contributed by atoms with Gasteiger partial charge in [-0.2, -0.15) is 0 Å². The molecule has 0 spiro atoms. The zero-order valence-electron chi connectivity index (χ0n) is 80.2. The first-order valence-electron chi connectivity index (χ1n) is 44.7. The van der Waals surface area contributed by atoms with Crippen LogP contribution in [0.5, 0.6) is 0 Å². The summed E-state index contributed by atoms with van der Waals surface area (Å²) >= 11 is 8.00. The molecule has 2 saturated heterocycles. The predicted octanol–water partition coefficient (Wildman–Crippen LogP) is 18.0. The fourth-order valence-corrected chi connectivity index (χ4v) is 23.2. The molecule has 138 heavy (non-hydrogen) atoms. The van der Waals surface area contributed by atoms with Gasteiger partial charge >= 0.3 is 0 Å². The number of hydrogen-bond acceptors (Lipinski definition) is 24. The number of nitrogens with two attached hydrogens (primary N) is 3. The second-order valence-corrected chi connectivity index (χ2v) is 40.4. The molecule has 12 aromatic rings. The Morgan fingerprint density at radius 2 is 0.986 bits per heavy atom. The summed E-state index contributed by atoms with van der Waals surface area (Å²) < 4.78 is 7.36. The summed E-state index contributed by atoms with van der Waals surface area (Å²) in [5.74, 6) is 31.0. The summed E-state index contributed by atoms with van der Waals surface area (Å²) in [5, 5.41) is 23.8. The van der Waals surface area contributed by atoms with Gasteiger partial charge in [0.15, 0.2) is 23.4 Å². The Bertz CT molecular complexity index is 7120. The average Bonchev–Trinajstić information content (AvgIpc) is 1.28. The number of carbonyl (C=O) groups excluding carboxylic acids is 5. The normalized spacial score (nSPS) is 22.6. The van der Waals surface area contributed by atoms with Crippen molar-refractivity contribution in [2.24, 2.45) is 49.9 Å². The van der Waals surface area contributed by atoms with E-state index in [-0.39, 0.29) is 58.7 Å². The number of methoxy groups -OCH3 is 1. The van der Waals surface area contributed by atoms with E-state index in [1.807, 2.05) is 127 Å². The quantitative estimate of drug-likeness (QED) is 0.0596. The van der Waals surface area contributed by atoms with Crippen LogP contribution in [0.1, 0.15) is 173 Å². The van der Waals surface area contributed by atoms with Gasteiger partial charge in [0.1, 0.15) is 39.4 Å². The lowest BCUT2D eigenvalue weighted by Gasteiger charge is -2.47. The molecule has 18 rings (SSSR count). The molecule has 5 aliphatic heterocycles. The van der Waals surface area contributed by atoms with Gasteiger partial charge in [0.2, 0.25) is 17.7 Å². The Labute approximate surface area is 826 Å². The van der Waals surface area contributed by atoms with Crippen LogP contribution in [0, 0.1) is 87.8 Å². The molecule has 5 amide bonds. The molecule has 702 valence electrons. The third kappa shape index (κ3) is 20.4. The smallest absolute Gasteiger partial charge is 0.257 e. The van der Waals surface area contributed by atoms with Crippen molar-refractivity contribution in [1.29, 1.82) is 10.8 Å². The largest absolute Gasteiger partial charge is 0.371 e. The fourth-order valence-electron chi connectivity index (χ4n) is 17.7. The minimum Gasteiger partial charge on any atom is -0.371 e. The highest BCUT2D eigenvalue weighted by atomic mass is 32.1. The summed E-state index contributed by atoms with van der Waals surface area (Å²) in [6.07, 6.45) is 20.3. The van der Waals surface area contributed by atoms with Crippen molar-refractivity contribution >= 4 is 116 Å². The molecule has 25 nitrogen and oxygen atoms in total. The monoisotopic (exact) mass is 1930 g/mol. The first kappa shape index (κ1) is 99.6. The number of pyridine rings is 3. The maximum absolute atomic E-state index is 13.4. The van der Waals surface area contributed by atoms with Crippen molar-refractivity contribution in [2.75, 3.05) is 35.3 Å². The van der Waals surface area contributed by atoms with Gasteiger partial charge < -0.3 is 31.4 Å². The Kier molecular flexibility index (Phi) is 30.1. The van der Waals surface area contributed by atoms with E-state index in [9.17, 15) is 24.0 Å². The molecule has 14 heterocycles. The van der Waals surface area contributed by atoms with E-state index in [1.165, 1.54) is 30.9 Å². The Morgan fingerprint density at radius 1 is 0.471 bits per heavy atom. The van der Waals surface area contributed by atoms with Crippen molar-refractivity contribution in [2.45, 2.75) is 161 Å². The minimum atomic E-state index is -1.02. The molecule has 0 radical (unpaired) electrons. The number of guanidine groups is 3. The number of nitrogens with one attached hydrogen (secondary N) is 2. The number of nitrogens with zero attached hydrogens (tertiary/aromatic N) is 14. The second kappa shape index (κ2) is 41.7. The minimum absolute atomic E-state index is 0.000676. The first-order valence-corrected chi connectivity index (χ1v) is 49.0. The molecule has 3 fully saturated rings. The summed E-state index contributed by atoms with van der Waals surface area (Å²) in [6.45, 7) is 23.3. The SMILES string of the molecule is CC#Cc1cccc(-c2ccc([C@@]3(C)N=C(N)N(C)C(=O)C3C3CC3)s2)c1.CC#Cc1cccc(-c2csc([C@@]3(C)CC(=N)N(Cc4ccncc4)C(=O)C3)c2)c1.CC#Cc1cccc(-c2csc([C@@]3(C)N=C(N)N(C)C(=O)C3(C)n3ccnc3)c2)c1.CC#Cc1cncc(-c2csc([C@@]3(C)CC(=N)N(C)C(=O)[C@H]3OC)c2)c1.CC#Cc1cncc(-c2ncc([C@@]3(C)N=C(N)N(C)C(=O)C3C)s2)c1. The van der Waals surface area contributed by atoms with Gasteiger partial charge in [0.05, 0.1) is 29.6 Å². The van der Waals surface area contributed by atoms with E-state index in [2.05, 4.69) is 186 Å². The van der Waals surface area contributed by atoms with E-state index in [1.54, 1.807) is 155 Å². The number of thiazole rings is 1. The molecule has 9 aromatic heterocycles. The predicted molar refractivity (Wildman–Crippen MR) is 554 cm³/mol. The van der Waals surface area contributed by atoms with E-state index < -0.39 is 33.7 Å². The van der Waals surface area contributed by atoms with E-state index in [4.69, 9.17) is 42.7 Å². The highest BCUT2D eigenvalue weighted by Crippen LogP contribution is 2.54. The second-order valence-electron chi connectivity index (χ2n) is 35.6. The van der Waals surface area contributed by atoms with Crippen LogP contribution in [-0.4, -0.2) is 154 Å². The number of ether oxygens (including phenoxy) is 1. The molecule has 3 unspecified atom stereocenters. The lowest BCUT2D eigenvalue weighted by molar-refractivity contribution is -0.143. The number of amides is 5. The lowest BCUT2D eigenvalue weighted by atomic mass is 9.75. The first-order chi connectivity index (χ1) is 66.0. The molecule has 1 aliphatic carbocycles. The number of aromatic nitrogens is 6. The molecule has 8 N–H and O–H groups in total. The maximum atomic E-state index is 13.4. The third-order valence-corrected chi connectivity index (χ3v) is 32.4. The van der Waals surface area contributed by atoms with E-state index >= 15 is 0 Å². The number of amidine groups is 2. The van der Waals surface area contributed by atoms with Crippen LogP contribution >= 0.6 is 56.7 Å². The van der Waals surface area contributed by atoms with Crippen LogP contribution < -0.4 is 17.2 Å². The number of aliphatic imine (C=N–C) groups is 3. The highest BCUT2D eigenvalue weighted by molar-refractivity contribution is 7.16. The van der Waals surface area contributed by atoms with Gasteiger partial charge in [-0.15, -0.1) is 86.3 Å².